The van der Waals surface area contributed by atoms with Crippen LogP contribution in [0.25, 0.3) is 0 Å². The van der Waals surface area contributed by atoms with Crippen LogP contribution < -0.4 is 0 Å². The summed E-state index contributed by atoms with van der Waals surface area (Å²) in [6.45, 7) is 2.26. The molecule has 1 rings (SSSR count). The van der Waals surface area contributed by atoms with Gasteiger partial charge >= 0.3 is 0 Å². The molecule has 0 saturated heterocycles. The van der Waals surface area contributed by atoms with Crippen molar-refractivity contribution in [2.75, 3.05) is 0 Å². The Bertz CT molecular complexity index is 240. The molecular weight excluding hydrogens is 208 g/mol. The minimum Gasteiger partial charge on any atom is -0.295 e. The second-order valence-electron chi connectivity index (χ2n) is 5.27. The number of hydrogen-bond acceptors (Lipinski definition) is 1. The summed E-state index contributed by atoms with van der Waals surface area (Å²) in [7, 11) is 0. The molecule has 0 bridgehead atoms. The van der Waals surface area contributed by atoms with E-state index in [4.69, 9.17) is 0 Å². The Morgan fingerprint density at radius 3 is 2.29 bits per heavy atom. The number of rotatable bonds is 9. The minimum atomic E-state index is 0.416. The van der Waals surface area contributed by atoms with Crippen LogP contribution in [-0.4, -0.2) is 5.78 Å². The smallest absolute Gasteiger partial charge is 0.158 e. The van der Waals surface area contributed by atoms with E-state index in [0.717, 1.165) is 31.3 Å². The first kappa shape index (κ1) is 14.5. The lowest BCUT2D eigenvalue weighted by molar-refractivity contribution is -0.116. The van der Waals surface area contributed by atoms with Crippen molar-refractivity contribution in [2.45, 2.75) is 84.0 Å². The number of Topliss-reactive ketones (excluding diaryl/α,β-unsaturated/α-hetero) is 1. The van der Waals surface area contributed by atoms with Gasteiger partial charge in [-0.25, -0.2) is 0 Å². The summed E-state index contributed by atoms with van der Waals surface area (Å²) in [4.78, 5) is 11.6. The van der Waals surface area contributed by atoms with Crippen molar-refractivity contribution in [3.63, 3.8) is 0 Å². The molecule has 0 aliphatic heterocycles. The number of allylic oxidation sites excluding steroid dienone is 2. The number of carbonyl (C=O) groups is 1. The van der Waals surface area contributed by atoms with Gasteiger partial charge in [0.15, 0.2) is 5.78 Å². The molecule has 0 unspecified atom stereocenters. The maximum atomic E-state index is 11.6. The Morgan fingerprint density at radius 1 is 1.00 bits per heavy atom. The number of ketones is 1. The molecule has 0 spiro atoms. The first-order valence-corrected chi connectivity index (χ1v) is 7.57. The van der Waals surface area contributed by atoms with E-state index >= 15 is 0 Å². The van der Waals surface area contributed by atoms with Crippen molar-refractivity contribution in [3.8, 4) is 0 Å². The average Bonchev–Trinajstić information content (AvgIpc) is 2.35. The molecule has 0 aromatic carbocycles. The van der Waals surface area contributed by atoms with Crippen LogP contribution in [0.1, 0.15) is 84.0 Å². The highest BCUT2D eigenvalue weighted by Gasteiger charge is 2.12. The van der Waals surface area contributed by atoms with Crippen molar-refractivity contribution in [3.05, 3.63) is 11.6 Å². The summed E-state index contributed by atoms with van der Waals surface area (Å²) in [5, 5.41) is 0. The van der Waals surface area contributed by atoms with Crippen LogP contribution in [0.5, 0.6) is 0 Å². The van der Waals surface area contributed by atoms with Crippen molar-refractivity contribution in [1.82, 2.24) is 0 Å². The zero-order chi connectivity index (χ0) is 12.3. The summed E-state index contributed by atoms with van der Waals surface area (Å²) in [5.74, 6) is 0.416. The Hall–Kier alpha value is -0.590. The van der Waals surface area contributed by atoms with Crippen LogP contribution in [-0.2, 0) is 4.79 Å². The molecule has 1 nitrogen and oxygen atoms in total. The molecule has 1 aliphatic rings. The second-order valence-corrected chi connectivity index (χ2v) is 5.27. The molecule has 0 heterocycles. The molecule has 17 heavy (non-hydrogen) atoms. The van der Waals surface area contributed by atoms with Crippen molar-refractivity contribution in [1.29, 1.82) is 0 Å². The molecule has 0 amide bonds. The van der Waals surface area contributed by atoms with E-state index in [2.05, 4.69) is 13.0 Å². The van der Waals surface area contributed by atoms with E-state index < -0.39 is 0 Å². The molecule has 0 radical (unpaired) electrons. The normalized spacial score (nSPS) is 16.1. The van der Waals surface area contributed by atoms with Gasteiger partial charge in [0.05, 0.1) is 0 Å². The fourth-order valence-electron chi connectivity index (χ4n) is 2.50. The average molecular weight is 236 g/mol. The Kier molecular flexibility index (Phi) is 8.04. The molecule has 0 aromatic rings. The fourth-order valence-corrected chi connectivity index (χ4v) is 2.50. The Labute approximate surface area is 107 Å². The first-order valence-electron chi connectivity index (χ1n) is 7.57. The summed E-state index contributed by atoms with van der Waals surface area (Å²) < 4.78 is 0. The molecule has 0 saturated carbocycles. The van der Waals surface area contributed by atoms with Gasteiger partial charge in [0, 0.05) is 6.42 Å². The van der Waals surface area contributed by atoms with Gasteiger partial charge in [-0.15, -0.1) is 0 Å². The van der Waals surface area contributed by atoms with Gasteiger partial charge in [-0.1, -0.05) is 57.9 Å². The molecule has 0 aromatic heterocycles. The zero-order valence-corrected chi connectivity index (χ0v) is 11.5. The van der Waals surface area contributed by atoms with E-state index in [1.54, 1.807) is 0 Å². The molecule has 0 atom stereocenters. The first-order chi connectivity index (χ1) is 8.34. The highest BCUT2D eigenvalue weighted by Crippen LogP contribution is 2.20. The number of carbonyl (C=O) groups excluding carboxylic acids is 1. The standard InChI is InChI=1S/C16H28O/c1-2-3-4-5-6-7-8-9-12-15-13-10-11-14-16(15)17/h13H,2-12,14H2,1H3. The highest BCUT2D eigenvalue weighted by molar-refractivity contribution is 5.95. The van der Waals surface area contributed by atoms with Gasteiger partial charge in [0.1, 0.15) is 0 Å². The molecule has 98 valence electrons. The Balaban J connectivity index is 1.93. The number of hydrogen-bond donors (Lipinski definition) is 0. The Morgan fingerprint density at radius 2 is 1.65 bits per heavy atom. The predicted molar refractivity (Wildman–Crippen MR) is 74.2 cm³/mol. The zero-order valence-electron chi connectivity index (χ0n) is 11.5. The van der Waals surface area contributed by atoms with E-state index in [0.29, 0.717) is 5.78 Å². The molecule has 1 aliphatic carbocycles. The third-order valence-electron chi connectivity index (χ3n) is 3.66. The van der Waals surface area contributed by atoms with Crippen LogP contribution in [0.4, 0.5) is 0 Å². The topological polar surface area (TPSA) is 17.1 Å². The van der Waals surface area contributed by atoms with Crippen LogP contribution in [0.3, 0.4) is 0 Å². The van der Waals surface area contributed by atoms with Crippen molar-refractivity contribution in [2.24, 2.45) is 0 Å². The fraction of sp³-hybridized carbons (Fsp3) is 0.812. The molecular formula is C16H28O. The third kappa shape index (κ3) is 6.65. The van der Waals surface area contributed by atoms with Gasteiger partial charge in [0.2, 0.25) is 0 Å². The molecule has 0 fully saturated rings. The van der Waals surface area contributed by atoms with Crippen molar-refractivity contribution < 1.29 is 4.79 Å². The van der Waals surface area contributed by atoms with Gasteiger partial charge in [-0.2, -0.15) is 0 Å². The van der Waals surface area contributed by atoms with Crippen LogP contribution in [0.15, 0.2) is 11.6 Å². The van der Waals surface area contributed by atoms with Crippen molar-refractivity contribution >= 4 is 5.78 Å². The van der Waals surface area contributed by atoms with E-state index in [-0.39, 0.29) is 0 Å². The van der Waals surface area contributed by atoms with Gasteiger partial charge < -0.3 is 0 Å². The third-order valence-corrected chi connectivity index (χ3v) is 3.66. The maximum Gasteiger partial charge on any atom is 0.158 e. The van der Waals surface area contributed by atoms with Gasteiger partial charge in [-0.3, -0.25) is 4.79 Å². The monoisotopic (exact) mass is 236 g/mol. The largest absolute Gasteiger partial charge is 0.295 e. The predicted octanol–water partition coefficient (Wildman–Crippen LogP) is 5.20. The summed E-state index contributed by atoms with van der Waals surface area (Å²) in [5.41, 5.74) is 1.13. The van der Waals surface area contributed by atoms with Crippen LogP contribution >= 0.6 is 0 Å². The van der Waals surface area contributed by atoms with Gasteiger partial charge in [-0.05, 0) is 31.3 Å². The van der Waals surface area contributed by atoms with Gasteiger partial charge in [0.25, 0.3) is 0 Å². The molecule has 0 N–H and O–H groups in total. The van der Waals surface area contributed by atoms with E-state index in [1.165, 1.54) is 51.4 Å². The maximum absolute atomic E-state index is 11.6. The number of unbranched alkanes of at least 4 members (excludes halogenated alkanes) is 7. The summed E-state index contributed by atoms with van der Waals surface area (Å²) in [6, 6.07) is 0. The van der Waals surface area contributed by atoms with Crippen LogP contribution in [0.2, 0.25) is 0 Å². The lowest BCUT2D eigenvalue weighted by Crippen LogP contribution is -2.06. The quantitative estimate of drug-likeness (QED) is 0.503. The van der Waals surface area contributed by atoms with Crippen LogP contribution in [0, 0.1) is 0 Å². The summed E-state index contributed by atoms with van der Waals surface area (Å²) >= 11 is 0. The van der Waals surface area contributed by atoms with E-state index in [1.807, 2.05) is 0 Å². The lowest BCUT2D eigenvalue weighted by Gasteiger charge is -2.11. The summed E-state index contributed by atoms with van der Waals surface area (Å²) in [6.07, 6.45) is 17.0. The molecule has 1 heteroatoms. The second kappa shape index (κ2) is 9.44. The highest BCUT2D eigenvalue weighted by atomic mass is 16.1. The minimum absolute atomic E-state index is 0.416. The van der Waals surface area contributed by atoms with E-state index in [9.17, 15) is 4.79 Å². The SMILES string of the molecule is CCCCCCCCCCC1=CCCCC1=O. The lowest BCUT2D eigenvalue weighted by atomic mass is 9.94.